The van der Waals surface area contributed by atoms with Crippen molar-refractivity contribution in [3.05, 3.63) is 12.2 Å². The topological polar surface area (TPSA) is 104 Å². The Kier molecular flexibility index (Phi) is 12.3. The van der Waals surface area contributed by atoms with Crippen molar-refractivity contribution in [3.8, 4) is 0 Å². The van der Waals surface area contributed by atoms with Crippen LogP contribution in [0.3, 0.4) is 0 Å². The molecule has 4 unspecified atom stereocenters. The van der Waals surface area contributed by atoms with Crippen LogP contribution in [0.4, 0.5) is 0 Å². The first-order valence-corrected chi connectivity index (χ1v) is 21.7. The van der Waals surface area contributed by atoms with Crippen LogP contribution in [0.1, 0.15) is 184 Å². The van der Waals surface area contributed by atoms with Crippen molar-refractivity contribution in [1.82, 2.24) is 5.32 Å². The summed E-state index contributed by atoms with van der Waals surface area (Å²) in [5, 5.41) is 22.9. The van der Waals surface area contributed by atoms with Gasteiger partial charge < -0.3 is 15.5 Å². The number of carboxylic acids is 2. The lowest BCUT2D eigenvalue weighted by Gasteiger charge is -2.73. The van der Waals surface area contributed by atoms with Crippen molar-refractivity contribution in [1.29, 1.82) is 0 Å². The van der Waals surface area contributed by atoms with E-state index in [9.17, 15) is 19.5 Å². The van der Waals surface area contributed by atoms with Crippen molar-refractivity contribution in [3.63, 3.8) is 0 Å². The van der Waals surface area contributed by atoms with Crippen LogP contribution >= 0.6 is 0 Å². The Hall–Kier alpha value is -1.69. The summed E-state index contributed by atoms with van der Waals surface area (Å²) in [5.41, 5.74) is 1.20. The monoisotopic (exact) mass is 724 g/mol. The molecule has 6 nitrogen and oxygen atoms in total. The molecule has 5 saturated carbocycles. The number of rotatable bonds is 17. The molecule has 5 fully saturated rings. The van der Waals surface area contributed by atoms with E-state index in [-0.39, 0.29) is 45.3 Å². The first kappa shape index (κ1) is 41.5. The number of Topliss-reactive ketones (excluding diaryl/α,β-unsaturated/α-hetero) is 1. The van der Waals surface area contributed by atoms with Gasteiger partial charge in [-0.2, -0.15) is 0 Å². The maximum Gasteiger partial charge on any atom is 0.309 e. The molecule has 3 N–H and O–H groups in total. The molecule has 0 aromatic carbocycles. The van der Waals surface area contributed by atoms with Gasteiger partial charge >= 0.3 is 11.9 Å². The summed E-state index contributed by atoms with van der Waals surface area (Å²) in [6.07, 6.45) is 21.8. The minimum atomic E-state index is -1.02. The van der Waals surface area contributed by atoms with Gasteiger partial charge in [0.05, 0.1) is 5.41 Å². The van der Waals surface area contributed by atoms with Gasteiger partial charge in [-0.3, -0.25) is 14.4 Å². The van der Waals surface area contributed by atoms with E-state index in [1.165, 1.54) is 89.0 Å². The highest BCUT2D eigenvalue weighted by atomic mass is 16.4. The summed E-state index contributed by atoms with van der Waals surface area (Å²) < 4.78 is 0. The second kappa shape index (κ2) is 15.4. The van der Waals surface area contributed by atoms with Crippen LogP contribution in [0.25, 0.3) is 0 Å². The average molecular weight is 724 g/mol. The van der Waals surface area contributed by atoms with Gasteiger partial charge in [-0.15, -0.1) is 0 Å². The molecule has 0 amide bonds. The normalized spacial score (nSPS) is 39.5. The van der Waals surface area contributed by atoms with Gasteiger partial charge in [0.25, 0.3) is 0 Å². The molecule has 296 valence electrons. The van der Waals surface area contributed by atoms with Crippen LogP contribution in [0.15, 0.2) is 12.2 Å². The fourth-order valence-electron chi connectivity index (χ4n) is 14.5. The second-order valence-electron chi connectivity index (χ2n) is 21.0. The lowest BCUT2D eigenvalue weighted by atomic mass is 9.32. The third-order valence-corrected chi connectivity index (χ3v) is 17.5. The first-order valence-electron chi connectivity index (χ1n) is 21.7. The minimum Gasteiger partial charge on any atom is -0.481 e. The van der Waals surface area contributed by atoms with Crippen LogP contribution in [-0.4, -0.2) is 40.0 Å². The number of carbonyl (C=O) groups is 3. The Labute approximate surface area is 317 Å². The third-order valence-electron chi connectivity index (χ3n) is 17.5. The fraction of sp³-hybridized carbons (Fsp3) is 0.891. The lowest BCUT2D eigenvalue weighted by Crippen LogP contribution is -2.68. The molecule has 0 spiro atoms. The Morgan fingerprint density at radius 3 is 1.98 bits per heavy atom. The number of allylic oxidation sites excluding steroid dienone is 1. The third kappa shape index (κ3) is 7.35. The lowest BCUT2D eigenvalue weighted by molar-refractivity contribution is -0.237. The van der Waals surface area contributed by atoms with Gasteiger partial charge in [-0.1, -0.05) is 85.3 Å². The SMILES string of the molecule is C=C(C)[C@@H]1CC[C@]2(NCCCCCCCCCCC(=O)O)CC[C@]3(C)C(CCC4[C@@]5(C)CC[C@H](C(=O)CC(C)(C)C(=O)O)C(C)(C)C5CC[C@]43C)C12. The molecule has 0 saturated heterocycles. The Morgan fingerprint density at radius 1 is 0.731 bits per heavy atom. The van der Waals surface area contributed by atoms with E-state index in [0.29, 0.717) is 36.0 Å². The number of hydrogen-bond donors (Lipinski definition) is 3. The van der Waals surface area contributed by atoms with Gasteiger partial charge in [0.2, 0.25) is 0 Å². The highest BCUT2D eigenvalue weighted by Gasteiger charge is 2.71. The molecule has 0 aromatic rings. The largest absolute Gasteiger partial charge is 0.481 e. The molecule has 5 aliphatic carbocycles. The van der Waals surface area contributed by atoms with E-state index in [1.807, 2.05) is 0 Å². The molecule has 52 heavy (non-hydrogen) atoms. The predicted molar refractivity (Wildman–Crippen MR) is 211 cm³/mol. The van der Waals surface area contributed by atoms with Crippen molar-refractivity contribution in [2.75, 3.05) is 6.54 Å². The Bertz CT molecular complexity index is 1340. The van der Waals surface area contributed by atoms with E-state index >= 15 is 0 Å². The molecule has 6 heteroatoms. The summed E-state index contributed by atoms with van der Waals surface area (Å²) >= 11 is 0. The zero-order valence-corrected chi connectivity index (χ0v) is 34.6. The van der Waals surface area contributed by atoms with E-state index in [4.69, 9.17) is 5.11 Å². The molecule has 10 atom stereocenters. The maximum absolute atomic E-state index is 13.8. The molecule has 0 aliphatic heterocycles. The molecular formula is C46H77NO5. The second-order valence-corrected chi connectivity index (χ2v) is 21.0. The molecule has 5 aliphatic rings. The van der Waals surface area contributed by atoms with Gasteiger partial charge in [0.1, 0.15) is 5.78 Å². The predicted octanol–water partition coefficient (Wildman–Crippen LogP) is 11.3. The van der Waals surface area contributed by atoms with Crippen LogP contribution < -0.4 is 5.32 Å². The number of unbranched alkanes of at least 4 members (excludes halogenated alkanes) is 7. The number of hydrogen-bond acceptors (Lipinski definition) is 4. The first-order chi connectivity index (χ1) is 24.3. The molecular weight excluding hydrogens is 647 g/mol. The summed E-state index contributed by atoms with van der Waals surface area (Å²) in [7, 11) is 0. The van der Waals surface area contributed by atoms with Gasteiger partial charge in [0.15, 0.2) is 0 Å². The summed E-state index contributed by atoms with van der Waals surface area (Å²) in [5.74, 6) is 1.62. The Morgan fingerprint density at radius 2 is 1.37 bits per heavy atom. The van der Waals surface area contributed by atoms with Crippen molar-refractivity contribution in [2.24, 2.45) is 62.6 Å². The van der Waals surface area contributed by atoms with Crippen molar-refractivity contribution in [2.45, 2.75) is 189 Å². The zero-order chi connectivity index (χ0) is 38.3. The molecule has 0 heterocycles. The van der Waals surface area contributed by atoms with Crippen molar-refractivity contribution >= 4 is 17.7 Å². The molecule has 0 aromatic heterocycles. The van der Waals surface area contributed by atoms with Crippen LogP contribution in [0.5, 0.6) is 0 Å². The Balaban J connectivity index is 1.26. The number of nitrogens with one attached hydrogen (secondary N) is 1. The number of aliphatic carboxylic acids is 2. The van der Waals surface area contributed by atoms with E-state index in [2.05, 4.69) is 53.4 Å². The van der Waals surface area contributed by atoms with Gasteiger partial charge in [-0.25, -0.2) is 0 Å². The minimum absolute atomic E-state index is 0.0629. The van der Waals surface area contributed by atoms with Gasteiger partial charge in [0, 0.05) is 24.3 Å². The summed E-state index contributed by atoms with van der Waals surface area (Å²) in [6.45, 7) is 24.1. The maximum atomic E-state index is 13.8. The highest BCUT2D eigenvalue weighted by Crippen LogP contribution is 2.77. The van der Waals surface area contributed by atoms with E-state index in [0.717, 1.165) is 38.6 Å². The smallest absolute Gasteiger partial charge is 0.309 e. The average Bonchev–Trinajstić information content (AvgIpc) is 3.43. The van der Waals surface area contributed by atoms with Crippen LogP contribution in [0.2, 0.25) is 0 Å². The van der Waals surface area contributed by atoms with E-state index < -0.39 is 17.4 Å². The molecule has 5 rings (SSSR count). The van der Waals surface area contributed by atoms with Gasteiger partial charge in [-0.05, 0) is 156 Å². The van der Waals surface area contributed by atoms with Crippen LogP contribution in [-0.2, 0) is 14.4 Å². The zero-order valence-electron chi connectivity index (χ0n) is 34.6. The fourth-order valence-corrected chi connectivity index (χ4v) is 14.5. The van der Waals surface area contributed by atoms with Crippen molar-refractivity contribution < 1.29 is 24.6 Å². The number of carbonyl (C=O) groups excluding carboxylic acids is 1. The number of fused-ring (bicyclic) bond motifs is 7. The standard InChI is InChI=1S/C46H77NO5/c1-31(2)32-21-26-46(47-29-17-15-13-11-10-12-14-16-18-38(49)50)28-27-44(8)34(39(32)46)19-20-37-43(7)24-22-33(35(48)30-41(3,4)40(51)52)42(5,6)36(43)23-25-45(37,44)9/h32-34,36-37,39,47H,1,10-30H2,2-9H3,(H,49,50)(H,51,52)/t32-,33+,34?,36?,37?,39?,43-,44+,45+,46-/m0/s1. The van der Waals surface area contributed by atoms with Crippen LogP contribution in [0, 0.1) is 62.6 Å². The number of ketones is 1. The molecule has 0 bridgehead atoms. The molecule has 0 radical (unpaired) electrons. The summed E-state index contributed by atoms with van der Waals surface area (Å²) in [6, 6.07) is 0. The summed E-state index contributed by atoms with van der Waals surface area (Å²) in [4.78, 5) is 36.5. The highest BCUT2D eigenvalue weighted by molar-refractivity contribution is 5.87. The quantitative estimate of drug-likeness (QED) is 0.102. The number of carboxylic acid groups (broad SMARTS) is 2. The van der Waals surface area contributed by atoms with E-state index in [1.54, 1.807) is 13.8 Å².